The summed E-state index contributed by atoms with van der Waals surface area (Å²) in [4.78, 5) is 0.956. The predicted molar refractivity (Wildman–Crippen MR) is 73.3 cm³/mol. The van der Waals surface area contributed by atoms with Gasteiger partial charge in [0.1, 0.15) is 5.82 Å². The Morgan fingerprint density at radius 1 is 1.39 bits per heavy atom. The molecule has 1 saturated heterocycles. The molecule has 2 rings (SSSR count). The molecule has 0 bridgehead atoms. The van der Waals surface area contributed by atoms with E-state index in [1.165, 1.54) is 6.07 Å². The summed E-state index contributed by atoms with van der Waals surface area (Å²) in [6.07, 6.45) is 3.29. The zero-order chi connectivity index (χ0) is 12.8. The molecule has 0 radical (unpaired) electrons. The number of thioether (sulfide) groups is 1. The monoisotopic (exact) mass is 269 g/mol. The van der Waals surface area contributed by atoms with E-state index in [4.69, 9.17) is 10.5 Å². The van der Waals surface area contributed by atoms with Gasteiger partial charge in [0.2, 0.25) is 0 Å². The highest BCUT2D eigenvalue weighted by atomic mass is 32.2. The molecule has 18 heavy (non-hydrogen) atoms. The normalized spacial score (nSPS) is 18.8. The van der Waals surface area contributed by atoms with Gasteiger partial charge in [-0.3, -0.25) is 0 Å². The first-order valence-electron chi connectivity index (χ1n) is 6.46. The van der Waals surface area contributed by atoms with Gasteiger partial charge >= 0.3 is 0 Å². The van der Waals surface area contributed by atoms with E-state index < -0.39 is 0 Å². The van der Waals surface area contributed by atoms with Crippen LogP contribution in [0.2, 0.25) is 0 Å². The lowest BCUT2D eigenvalue weighted by Gasteiger charge is -2.24. The molecule has 4 heteroatoms. The van der Waals surface area contributed by atoms with Crippen LogP contribution in [0.25, 0.3) is 0 Å². The topological polar surface area (TPSA) is 35.2 Å². The highest BCUT2D eigenvalue weighted by molar-refractivity contribution is 7.99. The average Bonchev–Trinajstić information content (AvgIpc) is 2.38. The maximum atomic E-state index is 13.0. The van der Waals surface area contributed by atoms with E-state index in [0.29, 0.717) is 5.92 Å². The SMILES string of the molecule is NC(CSc1cccc(F)c1)CC1CCOCC1. The van der Waals surface area contributed by atoms with Crippen LogP contribution in [-0.2, 0) is 4.74 Å². The van der Waals surface area contributed by atoms with Crippen LogP contribution < -0.4 is 5.73 Å². The predicted octanol–water partition coefficient (Wildman–Crippen LogP) is 3.06. The molecule has 1 fully saturated rings. The van der Waals surface area contributed by atoms with Crippen molar-refractivity contribution in [2.75, 3.05) is 19.0 Å². The van der Waals surface area contributed by atoms with Gasteiger partial charge in [-0.05, 0) is 43.4 Å². The van der Waals surface area contributed by atoms with Gasteiger partial charge < -0.3 is 10.5 Å². The van der Waals surface area contributed by atoms with E-state index in [2.05, 4.69) is 0 Å². The maximum Gasteiger partial charge on any atom is 0.124 e. The Labute approximate surface area is 112 Å². The van der Waals surface area contributed by atoms with Gasteiger partial charge in [-0.25, -0.2) is 4.39 Å². The Morgan fingerprint density at radius 2 is 2.17 bits per heavy atom. The van der Waals surface area contributed by atoms with Gasteiger partial charge in [-0.1, -0.05) is 6.07 Å². The minimum Gasteiger partial charge on any atom is -0.381 e. The van der Waals surface area contributed by atoms with Gasteiger partial charge in [0.05, 0.1) is 0 Å². The summed E-state index contributed by atoms with van der Waals surface area (Å²) in [6.45, 7) is 1.74. The summed E-state index contributed by atoms with van der Waals surface area (Å²) in [5.41, 5.74) is 6.14. The molecule has 1 aromatic rings. The smallest absolute Gasteiger partial charge is 0.124 e. The molecule has 1 aromatic carbocycles. The number of hydrogen-bond donors (Lipinski definition) is 1. The Morgan fingerprint density at radius 3 is 2.89 bits per heavy atom. The van der Waals surface area contributed by atoms with Crippen LogP contribution in [0.3, 0.4) is 0 Å². The second-order valence-electron chi connectivity index (χ2n) is 4.82. The van der Waals surface area contributed by atoms with Crippen molar-refractivity contribution in [1.29, 1.82) is 0 Å². The summed E-state index contributed by atoms with van der Waals surface area (Å²) in [6, 6.07) is 6.87. The summed E-state index contributed by atoms with van der Waals surface area (Å²) < 4.78 is 18.3. The molecule has 0 spiro atoms. The molecule has 1 atom stereocenters. The first kappa shape index (κ1) is 13.8. The standard InChI is InChI=1S/C14H20FNOS/c15-12-2-1-3-14(9-12)18-10-13(16)8-11-4-6-17-7-5-11/h1-3,9,11,13H,4-8,10,16H2. The van der Waals surface area contributed by atoms with Crippen LogP contribution in [0.15, 0.2) is 29.2 Å². The van der Waals surface area contributed by atoms with Crippen LogP contribution >= 0.6 is 11.8 Å². The molecule has 2 N–H and O–H groups in total. The highest BCUT2D eigenvalue weighted by Gasteiger charge is 2.17. The van der Waals surface area contributed by atoms with E-state index in [1.54, 1.807) is 23.9 Å². The molecule has 1 aliphatic heterocycles. The maximum absolute atomic E-state index is 13.0. The second-order valence-corrected chi connectivity index (χ2v) is 5.91. The molecule has 1 aliphatic rings. The summed E-state index contributed by atoms with van der Waals surface area (Å²) in [5, 5.41) is 0. The second kappa shape index (κ2) is 7.12. The van der Waals surface area contributed by atoms with Gasteiger partial charge in [-0.2, -0.15) is 0 Å². The zero-order valence-electron chi connectivity index (χ0n) is 10.5. The third kappa shape index (κ3) is 4.59. The van der Waals surface area contributed by atoms with Crippen molar-refractivity contribution < 1.29 is 9.13 Å². The zero-order valence-corrected chi connectivity index (χ0v) is 11.3. The fourth-order valence-corrected chi connectivity index (χ4v) is 3.15. The number of ether oxygens (including phenoxy) is 1. The lowest BCUT2D eigenvalue weighted by Crippen LogP contribution is -2.28. The number of benzene rings is 1. The summed E-state index contributed by atoms with van der Waals surface area (Å²) in [7, 11) is 0. The number of halogens is 1. The molecular weight excluding hydrogens is 249 g/mol. The largest absolute Gasteiger partial charge is 0.381 e. The van der Waals surface area contributed by atoms with Gasteiger partial charge in [0.15, 0.2) is 0 Å². The Hall–Kier alpha value is -0.580. The van der Waals surface area contributed by atoms with Crippen molar-refractivity contribution in [3.63, 3.8) is 0 Å². The first-order chi connectivity index (χ1) is 8.74. The van der Waals surface area contributed by atoms with Crippen molar-refractivity contribution in [3.8, 4) is 0 Å². The molecule has 100 valence electrons. The van der Waals surface area contributed by atoms with Crippen molar-refractivity contribution in [2.45, 2.75) is 30.2 Å². The van der Waals surface area contributed by atoms with Crippen LogP contribution in [0.1, 0.15) is 19.3 Å². The van der Waals surface area contributed by atoms with Gasteiger partial charge in [-0.15, -0.1) is 11.8 Å². The highest BCUT2D eigenvalue weighted by Crippen LogP contribution is 2.24. The van der Waals surface area contributed by atoms with Crippen molar-refractivity contribution in [2.24, 2.45) is 11.7 Å². The number of nitrogens with two attached hydrogens (primary N) is 1. The van der Waals surface area contributed by atoms with E-state index >= 15 is 0 Å². The van der Waals surface area contributed by atoms with Crippen LogP contribution in [-0.4, -0.2) is 25.0 Å². The molecule has 0 aliphatic carbocycles. The Balaban J connectivity index is 1.72. The molecule has 0 amide bonds. The van der Waals surface area contributed by atoms with Crippen molar-refractivity contribution in [1.82, 2.24) is 0 Å². The van der Waals surface area contributed by atoms with Gasteiger partial charge in [0, 0.05) is 29.9 Å². The van der Waals surface area contributed by atoms with E-state index in [1.807, 2.05) is 6.07 Å². The van der Waals surface area contributed by atoms with Crippen LogP contribution in [0, 0.1) is 11.7 Å². The average molecular weight is 269 g/mol. The minimum atomic E-state index is -0.182. The molecule has 1 heterocycles. The fourth-order valence-electron chi connectivity index (χ4n) is 2.24. The van der Waals surface area contributed by atoms with Crippen molar-refractivity contribution >= 4 is 11.8 Å². The summed E-state index contributed by atoms with van der Waals surface area (Å²) >= 11 is 1.64. The first-order valence-corrected chi connectivity index (χ1v) is 7.44. The fraction of sp³-hybridized carbons (Fsp3) is 0.571. The lowest BCUT2D eigenvalue weighted by atomic mass is 9.93. The third-order valence-corrected chi connectivity index (χ3v) is 4.42. The van der Waals surface area contributed by atoms with E-state index in [0.717, 1.165) is 43.1 Å². The molecule has 0 aromatic heterocycles. The van der Waals surface area contributed by atoms with Crippen molar-refractivity contribution in [3.05, 3.63) is 30.1 Å². The van der Waals surface area contributed by atoms with E-state index in [9.17, 15) is 4.39 Å². The van der Waals surface area contributed by atoms with Crippen LogP contribution in [0.5, 0.6) is 0 Å². The molecule has 2 nitrogen and oxygen atoms in total. The van der Waals surface area contributed by atoms with E-state index in [-0.39, 0.29) is 11.9 Å². The lowest BCUT2D eigenvalue weighted by molar-refractivity contribution is 0.0625. The quantitative estimate of drug-likeness (QED) is 0.834. The van der Waals surface area contributed by atoms with Gasteiger partial charge in [0.25, 0.3) is 0 Å². The molecule has 1 unspecified atom stereocenters. The van der Waals surface area contributed by atoms with Crippen LogP contribution in [0.4, 0.5) is 4.39 Å². The molecule has 0 saturated carbocycles. The third-order valence-electron chi connectivity index (χ3n) is 3.24. The molecular formula is C14H20FNOS. The summed E-state index contributed by atoms with van der Waals surface area (Å²) in [5.74, 6) is 1.36. The Bertz CT molecular complexity index is 369. The minimum absolute atomic E-state index is 0.182. The number of hydrogen-bond acceptors (Lipinski definition) is 3. The number of rotatable bonds is 5. The Kier molecular flexibility index (Phi) is 5.47.